The number of aryl methyl sites for hydroxylation is 1. The van der Waals surface area contributed by atoms with Gasteiger partial charge >= 0.3 is 0 Å². The molecule has 0 saturated carbocycles. The van der Waals surface area contributed by atoms with E-state index in [1.165, 1.54) is 12.1 Å². The molecule has 0 unspecified atom stereocenters. The van der Waals surface area contributed by atoms with Gasteiger partial charge in [0.2, 0.25) is 0 Å². The summed E-state index contributed by atoms with van der Waals surface area (Å²) in [5.74, 6) is -0.169. The van der Waals surface area contributed by atoms with Gasteiger partial charge in [0.15, 0.2) is 0 Å². The molecule has 0 radical (unpaired) electrons. The van der Waals surface area contributed by atoms with Crippen molar-refractivity contribution in [2.75, 3.05) is 30.9 Å². The number of carbonyl (C=O) groups excluding carboxylic acids is 1. The lowest BCUT2D eigenvalue weighted by Crippen LogP contribution is -2.35. The maximum Gasteiger partial charge on any atom is 0.261 e. The lowest BCUT2D eigenvalue weighted by Gasteiger charge is -2.22. The molecule has 8 heteroatoms. The smallest absolute Gasteiger partial charge is 0.261 e. The number of carbonyl (C=O) groups is 1. The summed E-state index contributed by atoms with van der Waals surface area (Å²) in [6.07, 6.45) is 0.828. The van der Waals surface area contributed by atoms with Gasteiger partial charge in [-0.15, -0.1) is 0 Å². The molecule has 180 valence electrons. The Morgan fingerprint density at radius 1 is 0.971 bits per heavy atom. The topological polar surface area (TPSA) is 93.5 Å². The van der Waals surface area contributed by atoms with E-state index in [0.29, 0.717) is 29.9 Å². The number of hydrogen-bond acceptors (Lipinski definition) is 5. The highest BCUT2D eigenvalue weighted by molar-refractivity contribution is 7.92. The Bertz CT molecular complexity index is 1330. The van der Waals surface area contributed by atoms with Crippen molar-refractivity contribution < 1.29 is 13.2 Å². The van der Waals surface area contributed by atoms with E-state index < -0.39 is 10.0 Å². The number of nitriles is 1. The Hall–Kier alpha value is -3.67. The Balaban J connectivity index is 1.41. The Morgan fingerprint density at radius 2 is 1.71 bits per heavy atom. The van der Waals surface area contributed by atoms with E-state index >= 15 is 0 Å². The number of nitrogens with one attached hydrogen (secondary N) is 1. The van der Waals surface area contributed by atoms with E-state index in [4.69, 9.17) is 5.26 Å². The first-order valence-corrected chi connectivity index (χ1v) is 13.0. The summed E-state index contributed by atoms with van der Waals surface area (Å²) < 4.78 is 28.4. The lowest BCUT2D eigenvalue weighted by molar-refractivity contribution is 0.0761. The van der Waals surface area contributed by atoms with E-state index in [1.807, 2.05) is 43.3 Å². The van der Waals surface area contributed by atoms with E-state index in [2.05, 4.69) is 15.7 Å². The molecule has 1 saturated heterocycles. The van der Waals surface area contributed by atoms with E-state index in [-0.39, 0.29) is 10.8 Å². The largest absolute Gasteiger partial charge is 0.337 e. The van der Waals surface area contributed by atoms with Gasteiger partial charge in [-0.2, -0.15) is 5.26 Å². The molecule has 35 heavy (non-hydrogen) atoms. The van der Waals surface area contributed by atoms with Gasteiger partial charge < -0.3 is 4.90 Å². The molecule has 1 aliphatic heterocycles. The average Bonchev–Trinajstić information content (AvgIpc) is 3.11. The molecule has 1 amide bonds. The standard InChI is InChI=1S/C27H28N4O3S/c1-21-6-12-25(13-7-21)29-35(33,34)26-5-2-4-24(18-26)27(32)31-15-3-14-30(16-17-31)20-23-10-8-22(19-28)9-11-23/h2,4-13,18,29H,3,14-17,20H2,1H3. The predicted molar refractivity (Wildman–Crippen MR) is 135 cm³/mol. The fraction of sp³-hybridized carbons (Fsp3) is 0.259. The summed E-state index contributed by atoms with van der Waals surface area (Å²) in [6.45, 7) is 5.45. The molecule has 0 aromatic heterocycles. The van der Waals surface area contributed by atoms with Crippen LogP contribution < -0.4 is 4.72 Å². The minimum Gasteiger partial charge on any atom is -0.337 e. The molecule has 7 nitrogen and oxygen atoms in total. The summed E-state index contributed by atoms with van der Waals surface area (Å²) in [7, 11) is -3.82. The zero-order valence-electron chi connectivity index (χ0n) is 19.6. The molecule has 0 atom stereocenters. The SMILES string of the molecule is Cc1ccc(NS(=O)(=O)c2cccc(C(=O)N3CCCN(Cc4ccc(C#N)cc4)CC3)c2)cc1. The third-order valence-electron chi connectivity index (χ3n) is 6.06. The Morgan fingerprint density at radius 3 is 2.43 bits per heavy atom. The van der Waals surface area contributed by atoms with Gasteiger partial charge in [-0.05, 0) is 61.4 Å². The molecule has 4 rings (SSSR count). The highest BCUT2D eigenvalue weighted by atomic mass is 32.2. The highest BCUT2D eigenvalue weighted by Gasteiger charge is 2.22. The second-order valence-electron chi connectivity index (χ2n) is 8.73. The second-order valence-corrected chi connectivity index (χ2v) is 10.4. The fourth-order valence-corrected chi connectivity index (χ4v) is 5.19. The number of hydrogen-bond donors (Lipinski definition) is 1. The molecule has 0 bridgehead atoms. The molecule has 1 N–H and O–H groups in total. The van der Waals surface area contributed by atoms with Crippen LogP contribution in [0.2, 0.25) is 0 Å². The van der Waals surface area contributed by atoms with Crippen LogP contribution >= 0.6 is 0 Å². The van der Waals surface area contributed by atoms with Gasteiger partial charge in [0, 0.05) is 44.0 Å². The molecule has 0 spiro atoms. The highest BCUT2D eigenvalue weighted by Crippen LogP contribution is 2.19. The van der Waals surface area contributed by atoms with Crippen molar-refractivity contribution in [1.82, 2.24) is 9.80 Å². The fourth-order valence-electron chi connectivity index (χ4n) is 4.09. The van der Waals surface area contributed by atoms with Gasteiger partial charge in [0.05, 0.1) is 16.5 Å². The van der Waals surface area contributed by atoms with Crippen molar-refractivity contribution in [1.29, 1.82) is 5.26 Å². The summed E-state index contributed by atoms with van der Waals surface area (Å²) in [5.41, 5.74) is 3.63. The molecule has 0 aliphatic carbocycles. The normalized spacial score (nSPS) is 14.7. The number of amides is 1. The van der Waals surface area contributed by atoms with Gasteiger partial charge in [-0.25, -0.2) is 8.42 Å². The Kier molecular flexibility index (Phi) is 7.49. The maximum atomic E-state index is 13.2. The first-order valence-electron chi connectivity index (χ1n) is 11.5. The zero-order chi connectivity index (χ0) is 24.8. The monoisotopic (exact) mass is 488 g/mol. The van der Waals surface area contributed by atoms with Crippen LogP contribution in [-0.2, 0) is 16.6 Å². The van der Waals surface area contributed by atoms with Crippen molar-refractivity contribution in [3.63, 3.8) is 0 Å². The first kappa shape index (κ1) is 24.5. The molecular formula is C27H28N4O3S. The summed E-state index contributed by atoms with van der Waals surface area (Å²) >= 11 is 0. The van der Waals surface area contributed by atoms with Crippen molar-refractivity contribution in [2.24, 2.45) is 0 Å². The van der Waals surface area contributed by atoms with Crippen LogP contribution in [0.4, 0.5) is 5.69 Å². The van der Waals surface area contributed by atoms with Crippen molar-refractivity contribution in [2.45, 2.75) is 24.8 Å². The van der Waals surface area contributed by atoms with Gasteiger partial charge in [0.1, 0.15) is 0 Å². The van der Waals surface area contributed by atoms with Crippen LogP contribution in [0.25, 0.3) is 0 Å². The quantitative estimate of drug-likeness (QED) is 0.566. The predicted octanol–water partition coefficient (Wildman–Crippen LogP) is 4.02. The summed E-state index contributed by atoms with van der Waals surface area (Å²) in [6, 6.07) is 23.0. The van der Waals surface area contributed by atoms with Crippen LogP contribution in [0.5, 0.6) is 0 Å². The van der Waals surface area contributed by atoms with Crippen molar-refractivity contribution in [3.05, 3.63) is 95.1 Å². The van der Waals surface area contributed by atoms with Crippen LogP contribution in [0.1, 0.15) is 33.5 Å². The number of benzene rings is 3. The number of sulfonamides is 1. The molecular weight excluding hydrogens is 460 g/mol. The third kappa shape index (κ3) is 6.27. The van der Waals surface area contributed by atoms with E-state index in [1.54, 1.807) is 29.2 Å². The summed E-state index contributed by atoms with van der Waals surface area (Å²) in [4.78, 5) is 17.4. The summed E-state index contributed by atoms with van der Waals surface area (Å²) in [5, 5.41) is 8.96. The molecule has 1 heterocycles. The van der Waals surface area contributed by atoms with Crippen LogP contribution in [0.15, 0.2) is 77.7 Å². The lowest BCUT2D eigenvalue weighted by atomic mass is 10.1. The van der Waals surface area contributed by atoms with Crippen LogP contribution in [-0.4, -0.2) is 50.3 Å². The van der Waals surface area contributed by atoms with Crippen LogP contribution in [0, 0.1) is 18.3 Å². The number of rotatable bonds is 6. The minimum absolute atomic E-state index is 0.0567. The third-order valence-corrected chi connectivity index (χ3v) is 7.44. The van der Waals surface area contributed by atoms with Crippen molar-refractivity contribution in [3.8, 4) is 6.07 Å². The Labute approximate surface area is 206 Å². The molecule has 3 aromatic rings. The second kappa shape index (κ2) is 10.7. The number of anilines is 1. The first-order chi connectivity index (χ1) is 16.8. The zero-order valence-corrected chi connectivity index (χ0v) is 20.5. The average molecular weight is 489 g/mol. The van der Waals surface area contributed by atoms with Crippen LogP contribution in [0.3, 0.4) is 0 Å². The van der Waals surface area contributed by atoms with E-state index in [9.17, 15) is 13.2 Å². The number of nitrogens with zero attached hydrogens (tertiary/aromatic N) is 3. The minimum atomic E-state index is -3.82. The molecule has 1 fully saturated rings. The van der Waals surface area contributed by atoms with Gasteiger partial charge in [-0.3, -0.25) is 14.4 Å². The molecule has 3 aromatic carbocycles. The van der Waals surface area contributed by atoms with Gasteiger partial charge in [-0.1, -0.05) is 35.9 Å². The van der Waals surface area contributed by atoms with Gasteiger partial charge in [0.25, 0.3) is 15.9 Å². The maximum absolute atomic E-state index is 13.2. The molecule has 1 aliphatic rings. The van der Waals surface area contributed by atoms with E-state index in [0.717, 1.165) is 37.2 Å². The van der Waals surface area contributed by atoms with Crippen molar-refractivity contribution >= 4 is 21.6 Å².